The molecule has 0 aliphatic carbocycles. The van der Waals surface area contributed by atoms with Crippen LogP contribution in [0.3, 0.4) is 0 Å². The highest BCUT2D eigenvalue weighted by Crippen LogP contribution is 2.16. The van der Waals surface area contributed by atoms with Gasteiger partial charge in [-0.05, 0) is 43.2 Å². The Morgan fingerprint density at radius 2 is 1.86 bits per heavy atom. The van der Waals surface area contributed by atoms with Gasteiger partial charge in [0.05, 0.1) is 12.5 Å². The number of carbonyl (C=O) groups is 1. The monoisotopic (exact) mass is 301 g/mol. The first-order valence-electron chi connectivity index (χ1n) is 7.27. The molecule has 2 aromatic carbocycles. The van der Waals surface area contributed by atoms with Gasteiger partial charge in [0.15, 0.2) is 0 Å². The number of amides is 1. The van der Waals surface area contributed by atoms with E-state index in [1.807, 2.05) is 38.1 Å². The third-order valence-electron chi connectivity index (χ3n) is 3.27. The lowest BCUT2D eigenvalue weighted by atomic mass is 10.1. The Balaban J connectivity index is 1.79. The number of benzene rings is 2. The van der Waals surface area contributed by atoms with Crippen molar-refractivity contribution < 1.29 is 13.9 Å². The minimum atomic E-state index is -0.302. The van der Waals surface area contributed by atoms with Gasteiger partial charge >= 0.3 is 0 Å². The van der Waals surface area contributed by atoms with E-state index in [0.717, 1.165) is 16.9 Å². The second-order valence-corrected chi connectivity index (χ2v) is 5.35. The van der Waals surface area contributed by atoms with Gasteiger partial charge in [0.25, 0.3) is 0 Å². The zero-order valence-electron chi connectivity index (χ0n) is 12.8. The van der Waals surface area contributed by atoms with Crippen molar-refractivity contribution in [3.8, 4) is 5.75 Å². The molecule has 0 heterocycles. The van der Waals surface area contributed by atoms with E-state index in [2.05, 4.69) is 5.32 Å². The average Bonchev–Trinajstić information content (AvgIpc) is 2.49. The van der Waals surface area contributed by atoms with Gasteiger partial charge in [-0.15, -0.1) is 0 Å². The van der Waals surface area contributed by atoms with E-state index < -0.39 is 0 Å². The maximum absolute atomic E-state index is 12.8. The van der Waals surface area contributed by atoms with Crippen LogP contribution in [0.25, 0.3) is 0 Å². The summed E-state index contributed by atoms with van der Waals surface area (Å²) in [7, 11) is 0. The predicted octanol–water partition coefficient (Wildman–Crippen LogP) is 3.26. The number of nitrogens with one attached hydrogen (secondary N) is 1. The van der Waals surface area contributed by atoms with Gasteiger partial charge in [0.2, 0.25) is 5.91 Å². The maximum Gasteiger partial charge on any atom is 0.224 e. The fourth-order valence-corrected chi connectivity index (χ4v) is 2.09. The first-order valence-corrected chi connectivity index (χ1v) is 7.27. The van der Waals surface area contributed by atoms with Crippen LogP contribution in [0.4, 0.5) is 4.39 Å². The minimum Gasteiger partial charge on any atom is -0.491 e. The Labute approximate surface area is 130 Å². The topological polar surface area (TPSA) is 38.3 Å². The SMILES string of the molecule is Cc1ccccc1OC[C@@H](C)NC(=O)Cc1ccc(F)cc1. The molecule has 0 spiro atoms. The number of ether oxygens (including phenoxy) is 1. The second-order valence-electron chi connectivity index (χ2n) is 5.35. The van der Waals surface area contributed by atoms with Gasteiger partial charge in [0.1, 0.15) is 18.2 Å². The van der Waals surface area contributed by atoms with Crippen LogP contribution in [0.2, 0.25) is 0 Å². The summed E-state index contributed by atoms with van der Waals surface area (Å²) in [6, 6.07) is 13.6. The molecule has 1 amide bonds. The number of aryl methyl sites for hydroxylation is 1. The summed E-state index contributed by atoms with van der Waals surface area (Å²) < 4.78 is 18.5. The standard InChI is InChI=1S/C18H20FNO2/c1-13-5-3-4-6-17(13)22-12-14(2)20-18(21)11-15-7-9-16(19)10-8-15/h3-10,14H,11-12H2,1-2H3,(H,20,21)/t14-/m1/s1. The molecule has 0 aliphatic heterocycles. The number of rotatable bonds is 6. The number of carbonyl (C=O) groups excluding carboxylic acids is 1. The lowest BCUT2D eigenvalue weighted by Gasteiger charge is -2.16. The predicted molar refractivity (Wildman–Crippen MR) is 84.4 cm³/mol. The molecule has 0 aliphatic rings. The first kappa shape index (κ1) is 16.0. The molecule has 0 unspecified atom stereocenters. The highest BCUT2D eigenvalue weighted by Gasteiger charge is 2.09. The Hall–Kier alpha value is -2.36. The summed E-state index contributed by atoms with van der Waals surface area (Å²) in [5.41, 5.74) is 1.85. The molecule has 2 rings (SSSR count). The highest BCUT2D eigenvalue weighted by molar-refractivity contribution is 5.78. The molecule has 0 bridgehead atoms. The molecule has 116 valence electrons. The summed E-state index contributed by atoms with van der Waals surface area (Å²) in [6.07, 6.45) is 0.231. The van der Waals surface area contributed by atoms with Crippen molar-refractivity contribution in [1.82, 2.24) is 5.32 Å². The Bertz CT molecular complexity index is 625. The molecule has 2 aromatic rings. The van der Waals surface area contributed by atoms with Crippen LogP contribution < -0.4 is 10.1 Å². The van der Waals surface area contributed by atoms with Crippen LogP contribution in [0, 0.1) is 12.7 Å². The maximum atomic E-state index is 12.8. The summed E-state index contributed by atoms with van der Waals surface area (Å²) in [6.45, 7) is 4.27. The van der Waals surface area contributed by atoms with Gasteiger partial charge in [-0.1, -0.05) is 30.3 Å². The highest BCUT2D eigenvalue weighted by atomic mass is 19.1. The number of hydrogen-bond acceptors (Lipinski definition) is 2. The number of hydrogen-bond donors (Lipinski definition) is 1. The minimum absolute atomic E-state index is 0.104. The molecular weight excluding hydrogens is 281 g/mol. The molecule has 0 saturated carbocycles. The van der Waals surface area contributed by atoms with E-state index in [1.54, 1.807) is 12.1 Å². The van der Waals surface area contributed by atoms with Gasteiger partial charge in [0, 0.05) is 0 Å². The van der Waals surface area contributed by atoms with Gasteiger partial charge in [-0.3, -0.25) is 4.79 Å². The summed E-state index contributed by atoms with van der Waals surface area (Å²) >= 11 is 0. The Morgan fingerprint density at radius 3 is 2.55 bits per heavy atom. The Morgan fingerprint density at radius 1 is 1.18 bits per heavy atom. The van der Waals surface area contributed by atoms with E-state index in [-0.39, 0.29) is 24.2 Å². The Kier molecular flexibility index (Phi) is 5.53. The fraction of sp³-hybridized carbons (Fsp3) is 0.278. The molecule has 3 nitrogen and oxygen atoms in total. The lowest BCUT2D eigenvalue weighted by molar-refractivity contribution is -0.121. The molecular formula is C18H20FNO2. The van der Waals surface area contributed by atoms with Gasteiger partial charge in [-0.2, -0.15) is 0 Å². The largest absolute Gasteiger partial charge is 0.491 e. The van der Waals surface area contributed by atoms with Crippen molar-refractivity contribution in [3.63, 3.8) is 0 Å². The zero-order chi connectivity index (χ0) is 15.9. The molecule has 4 heteroatoms. The molecule has 0 saturated heterocycles. The molecule has 22 heavy (non-hydrogen) atoms. The summed E-state index contributed by atoms with van der Waals surface area (Å²) in [4.78, 5) is 11.9. The first-order chi connectivity index (χ1) is 10.5. The van der Waals surface area contributed by atoms with Crippen molar-refractivity contribution in [2.75, 3.05) is 6.61 Å². The van der Waals surface area contributed by atoms with Gasteiger partial charge in [-0.25, -0.2) is 4.39 Å². The van der Waals surface area contributed by atoms with Crippen LogP contribution in [0.15, 0.2) is 48.5 Å². The molecule has 0 fully saturated rings. The molecule has 1 atom stereocenters. The van der Waals surface area contributed by atoms with Crippen LogP contribution in [-0.2, 0) is 11.2 Å². The van der Waals surface area contributed by atoms with E-state index in [9.17, 15) is 9.18 Å². The van der Waals surface area contributed by atoms with Crippen molar-refractivity contribution >= 4 is 5.91 Å². The normalized spacial score (nSPS) is 11.8. The summed E-state index contributed by atoms with van der Waals surface area (Å²) in [5.74, 6) is 0.416. The van der Waals surface area contributed by atoms with Crippen LogP contribution >= 0.6 is 0 Å². The smallest absolute Gasteiger partial charge is 0.224 e. The van der Waals surface area contributed by atoms with Crippen molar-refractivity contribution in [1.29, 1.82) is 0 Å². The zero-order valence-corrected chi connectivity index (χ0v) is 12.8. The van der Waals surface area contributed by atoms with Gasteiger partial charge < -0.3 is 10.1 Å². The van der Waals surface area contributed by atoms with Crippen molar-refractivity contribution in [2.45, 2.75) is 26.3 Å². The second kappa shape index (κ2) is 7.59. The third-order valence-corrected chi connectivity index (χ3v) is 3.27. The van der Waals surface area contributed by atoms with Crippen LogP contribution in [0.5, 0.6) is 5.75 Å². The fourth-order valence-electron chi connectivity index (χ4n) is 2.09. The number of halogens is 1. The van der Waals surface area contributed by atoms with Crippen molar-refractivity contribution in [3.05, 3.63) is 65.5 Å². The van der Waals surface area contributed by atoms with E-state index in [4.69, 9.17) is 4.74 Å². The van der Waals surface area contributed by atoms with E-state index in [0.29, 0.717) is 6.61 Å². The lowest BCUT2D eigenvalue weighted by Crippen LogP contribution is -2.37. The van der Waals surface area contributed by atoms with Crippen molar-refractivity contribution in [2.24, 2.45) is 0 Å². The van der Waals surface area contributed by atoms with E-state index >= 15 is 0 Å². The average molecular weight is 301 g/mol. The molecule has 1 N–H and O–H groups in total. The quantitative estimate of drug-likeness (QED) is 0.889. The molecule has 0 radical (unpaired) electrons. The summed E-state index contributed by atoms with van der Waals surface area (Å²) in [5, 5.41) is 2.88. The third kappa shape index (κ3) is 4.88. The van der Waals surface area contributed by atoms with Crippen LogP contribution in [-0.4, -0.2) is 18.6 Å². The van der Waals surface area contributed by atoms with E-state index in [1.165, 1.54) is 12.1 Å². The molecule has 0 aromatic heterocycles. The number of para-hydroxylation sites is 1. The van der Waals surface area contributed by atoms with Crippen LogP contribution in [0.1, 0.15) is 18.1 Å².